The fourth-order valence-corrected chi connectivity index (χ4v) is 4.23. The van der Waals surface area contributed by atoms with E-state index in [1.54, 1.807) is 33.9 Å². The van der Waals surface area contributed by atoms with E-state index in [1.165, 1.54) is 0 Å². The fourth-order valence-electron chi connectivity index (χ4n) is 4.00. The van der Waals surface area contributed by atoms with E-state index in [4.69, 9.17) is 21.7 Å². The number of halogens is 1. The molecule has 0 aliphatic heterocycles. The van der Waals surface area contributed by atoms with Crippen LogP contribution in [0.3, 0.4) is 0 Å². The van der Waals surface area contributed by atoms with Gasteiger partial charge in [0, 0.05) is 47.7 Å². The van der Waals surface area contributed by atoms with E-state index in [2.05, 4.69) is 11.1 Å². The predicted molar refractivity (Wildman–Crippen MR) is 138 cm³/mol. The van der Waals surface area contributed by atoms with E-state index in [-0.39, 0.29) is 18.9 Å². The van der Waals surface area contributed by atoms with Gasteiger partial charge in [-0.25, -0.2) is 9.50 Å². The summed E-state index contributed by atoms with van der Waals surface area (Å²) in [4.78, 5) is 24.5. The predicted octanol–water partition coefficient (Wildman–Crippen LogP) is 5.67. The second kappa shape index (κ2) is 10.4. The number of pyridine rings is 1. The van der Waals surface area contributed by atoms with Gasteiger partial charge < -0.3 is 4.90 Å². The lowest BCUT2D eigenvalue weighted by molar-refractivity contribution is 0.0738. The third kappa shape index (κ3) is 4.81. The number of benzene rings is 2. The number of carbonyl (C=O) groups excluding carboxylic acids is 1. The standard InChI is InChI=1S/C28H21ClN6O/c29-23-12-5-4-11-22(23)25-16-26(28(36)34(15-7-13-30)19-20-8-6-14-31-18-20)35-27(32-25)17-24(33-35)21-9-2-1-3-10-21/h1-6,8-12,14,16-18H,7,15,19H2. The van der Waals surface area contributed by atoms with Crippen molar-refractivity contribution in [1.82, 2.24) is 24.5 Å². The van der Waals surface area contributed by atoms with Crippen LogP contribution < -0.4 is 0 Å². The Morgan fingerprint density at radius 3 is 2.56 bits per heavy atom. The molecule has 0 spiro atoms. The molecule has 3 heterocycles. The number of nitriles is 1. The lowest BCUT2D eigenvalue weighted by Crippen LogP contribution is -2.33. The third-order valence-corrected chi connectivity index (χ3v) is 6.07. The van der Waals surface area contributed by atoms with Crippen LogP contribution >= 0.6 is 11.6 Å². The molecule has 0 fully saturated rings. The lowest BCUT2D eigenvalue weighted by atomic mass is 10.1. The first-order chi connectivity index (χ1) is 17.6. The zero-order chi connectivity index (χ0) is 24.9. The number of fused-ring (bicyclic) bond motifs is 1. The van der Waals surface area contributed by atoms with E-state index < -0.39 is 0 Å². The Bertz CT molecular complexity index is 1560. The highest BCUT2D eigenvalue weighted by Crippen LogP contribution is 2.29. The molecule has 0 radical (unpaired) electrons. The molecule has 0 bridgehead atoms. The van der Waals surface area contributed by atoms with E-state index in [1.807, 2.05) is 66.7 Å². The number of hydrogen-bond donors (Lipinski definition) is 0. The van der Waals surface area contributed by atoms with Crippen molar-refractivity contribution in [3.63, 3.8) is 0 Å². The molecule has 3 aromatic heterocycles. The van der Waals surface area contributed by atoms with Crippen LogP contribution in [0.15, 0.2) is 91.3 Å². The molecular formula is C28H21ClN6O. The Hall–Kier alpha value is -4.54. The highest BCUT2D eigenvalue weighted by Gasteiger charge is 2.23. The van der Waals surface area contributed by atoms with Gasteiger partial charge in [-0.15, -0.1) is 0 Å². The summed E-state index contributed by atoms with van der Waals surface area (Å²) < 4.78 is 1.56. The van der Waals surface area contributed by atoms with Crippen molar-refractivity contribution in [1.29, 1.82) is 5.26 Å². The molecule has 0 aliphatic rings. The largest absolute Gasteiger partial charge is 0.332 e. The van der Waals surface area contributed by atoms with Crippen molar-refractivity contribution in [3.8, 4) is 28.6 Å². The van der Waals surface area contributed by atoms with Crippen LogP contribution in [0, 0.1) is 11.3 Å². The van der Waals surface area contributed by atoms with Crippen LogP contribution in [0.4, 0.5) is 0 Å². The minimum absolute atomic E-state index is 0.200. The smallest absolute Gasteiger partial charge is 0.273 e. The highest BCUT2D eigenvalue weighted by molar-refractivity contribution is 6.33. The summed E-state index contributed by atoms with van der Waals surface area (Å²) in [6.07, 6.45) is 3.60. The molecule has 176 valence electrons. The summed E-state index contributed by atoms with van der Waals surface area (Å²) in [5.41, 5.74) is 4.62. The highest BCUT2D eigenvalue weighted by atomic mass is 35.5. The maximum Gasteiger partial charge on any atom is 0.273 e. The zero-order valence-corrected chi connectivity index (χ0v) is 20.0. The minimum atomic E-state index is -0.266. The van der Waals surface area contributed by atoms with Crippen LogP contribution in [-0.4, -0.2) is 36.9 Å². The van der Waals surface area contributed by atoms with Crippen LogP contribution in [-0.2, 0) is 6.54 Å². The number of carbonyl (C=O) groups is 1. The van der Waals surface area contributed by atoms with Crippen molar-refractivity contribution in [2.75, 3.05) is 6.54 Å². The summed E-state index contributed by atoms with van der Waals surface area (Å²) in [6, 6.07) is 26.5. The molecule has 36 heavy (non-hydrogen) atoms. The van der Waals surface area contributed by atoms with Gasteiger partial charge in [-0.1, -0.05) is 66.2 Å². The van der Waals surface area contributed by atoms with Crippen molar-refractivity contribution in [3.05, 3.63) is 108 Å². The van der Waals surface area contributed by atoms with Gasteiger partial charge in [0.2, 0.25) is 0 Å². The second-order valence-electron chi connectivity index (χ2n) is 8.17. The average molecular weight is 493 g/mol. The Kier molecular flexibility index (Phi) is 6.69. The van der Waals surface area contributed by atoms with Gasteiger partial charge in [-0.3, -0.25) is 9.78 Å². The van der Waals surface area contributed by atoms with Crippen molar-refractivity contribution in [2.24, 2.45) is 0 Å². The van der Waals surface area contributed by atoms with Crippen LogP contribution in [0.5, 0.6) is 0 Å². The summed E-state index contributed by atoms with van der Waals surface area (Å²) in [5.74, 6) is -0.266. The first-order valence-corrected chi connectivity index (χ1v) is 11.8. The van der Waals surface area contributed by atoms with E-state index >= 15 is 0 Å². The first kappa shape index (κ1) is 23.2. The Morgan fingerprint density at radius 1 is 1.00 bits per heavy atom. The second-order valence-corrected chi connectivity index (χ2v) is 8.58. The molecule has 7 nitrogen and oxygen atoms in total. The Morgan fingerprint density at radius 2 is 1.81 bits per heavy atom. The summed E-state index contributed by atoms with van der Waals surface area (Å²) in [7, 11) is 0. The van der Waals surface area contributed by atoms with Gasteiger partial charge in [-0.2, -0.15) is 10.4 Å². The molecule has 1 amide bonds. The average Bonchev–Trinajstić information content (AvgIpc) is 3.36. The van der Waals surface area contributed by atoms with Crippen LogP contribution in [0.25, 0.3) is 28.2 Å². The van der Waals surface area contributed by atoms with Gasteiger partial charge in [0.15, 0.2) is 5.65 Å². The maximum absolute atomic E-state index is 14.0. The monoisotopic (exact) mass is 492 g/mol. The van der Waals surface area contributed by atoms with Crippen LogP contribution in [0.2, 0.25) is 5.02 Å². The minimum Gasteiger partial charge on any atom is -0.332 e. The topological polar surface area (TPSA) is 87.2 Å². The van der Waals surface area contributed by atoms with Crippen molar-refractivity contribution < 1.29 is 4.79 Å². The van der Waals surface area contributed by atoms with Gasteiger partial charge >= 0.3 is 0 Å². The number of hydrogen-bond acceptors (Lipinski definition) is 5. The molecule has 0 atom stereocenters. The van der Waals surface area contributed by atoms with Gasteiger partial charge in [0.05, 0.1) is 23.9 Å². The molecule has 0 saturated carbocycles. The van der Waals surface area contributed by atoms with Crippen LogP contribution in [0.1, 0.15) is 22.5 Å². The molecule has 0 unspecified atom stereocenters. The summed E-state index contributed by atoms with van der Waals surface area (Å²) in [5, 5.41) is 14.5. The Balaban J connectivity index is 1.65. The number of rotatable bonds is 7. The van der Waals surface area contributed by atoms with E-state index in [0.29, 0.717) is 39.9 Å². The van der Waals surface area contributed by atoms with Gasteiger partial charge in [-0.05, 0) is 23.8 Å². The van der Waals surface area contributed by atoms with E-state index in [0.717, 1.165) is 11.1 Å². The molecule has 0 aliphatic carbocycles. The third-order valence-electron chi connectivity index (χ3n) is 5.74. The molecule has 5 aromatic rings. The summed E-state index contributed by atoms with van der Waals surface area (Å²) in [6.45, 7) is 0.578. The number of amides is 1. The fraction of sp³-hybridized carbons (Fsp3) is 0.107. The molecule has 0 N–H and O–H groups in total. The lowest BCUT2D eigenvalue weighted by Gasteiger charge is -2.22. The van der Waals surface area contributed by atoms with Crippen molar-refractivity contribution >= 4 is 23.2 Å². The van der Waals surface area contributed by atoms with Gasteiger partial charge in [0.25, 0.3) is 5.91 Å². The molecule has 0 saturated heterocycles. The number of nitrogens with zero attached hydrogens (tertiary/aromatic N) is 6. The number of aromatic nitrogens is 4. The zero-order valence-electron chi connectivity index (χ0n) is 19.3. The molecule has 5 rings (SSSR count). The maximum atomic E-state index is 14.0. The molecule has 8 heteroatoms. The SMILES string of the molecule is N#CCCN(Cc1cccnc1)C(=O)c1cc(-c2ccccc2Cl)nc2cc(-c3ccccc3)nn12. The molecule has 2 aromatic carbocycles. The Labute approximate surface area is 213 Å². The molecular weight excluding hydrogens is 472 g/mol. The quantitative estimate of drug-likeness (QED) is 0.292. The summed E-state index contributed by atoms with van der Waals surface area (Å²) >= 11 is 6.48. The van der Waals surface area contributed by atoms with E-state index in [9.17, 15) is 10.1 Å². The van der Waals surface area contributed by atoms with Crippen molar-refractivity contribution in [2.45, 2.75) is 13.0 Å². The first-order valence-electron chi connectivity index (χ1n) is 11.4. The normalized spacial score (nSPS) is 10.8. The van der Waals surface area contributed by atoms with Gasteiger partial charge in [0.1, 0.15) is 5.69 Å².